The highest BCUT2D eigenvalue weighted by Gasteiger charge is 2.33. The van der Waals surface area contributed by atoms with E-state index in [1.54, 1.807) is 0 Å². The standard InChI is InChI=1S/C20H24N2/c1-2-4-17(5-3-1)18-8-6-16(7-9-18)14-21-20-15-22-12-10-19(20)11-13-22/h1-9,19-21H,10-15H2/t20-/m1/s1. The first-order valence-electron chi connectivity index (χ1n) is 8.48. The van der Waals surface area contributed by atoms with Crippen molar-refractivity contribution in [1.29, 1.82) is 0 Å². The van der Waals surface area contributed by atoms with Gasteiger partial charge in [-0.3, -0.25) is 0 Å². The number of nitrogens with one attached hydrogen (secondary N) is 1. The fraction of sp³-hybridized carbons (Fsp3) is 0.400. The van der Waals surface area contributed by atoms with Gasteiger partial charge in [0.1, 0.15) is 0 Å². The van der Waals surface area contributed by atoms with Crippen LogP contribution in [0.2, 0.25) is 0 Å². The Morgan fingerprint density at radius 1 is 0.864 bits per heavy atom. The van der Waals surface area contributed by atoms with Crippen molar-refractivity contribution in [3.05, 3.63) is 60.2 Å². The van der Waals surface area contributed by atoms with Crippen LogP contribution in [0, 0.1) is 5.92 Å². The summed E-state index contributed by atoms with van der Waals surface area (Å²) in [4.78, 5) is 2.61. The molecule has 22 heavy (non-hydrogen) atoms. The van der Waals surface area contributed by atoms with Crippen molar-refractivity contribution in [2.45, 2.75) is 25.4 Å². The molecule has 5 rings (SSSR count). The molecule has 0 amide bonds. The van der Waals surface area contributed by atoms with Gasteiger partial charge in [0.15, 0.2) is 0 Å². The molecule has 3 fully saturated rings. The van der Waals surface area contributed by atoms with Gasteiger partial charge in [0, 0.05) is 19.1 Å². The number of nitrogens with zero attached hydrogens (tertiary/aromatic N) is 1. The molecule has 1 N–H and O–H groups in total. The van der Waals surface area contributed by atoms with Gasteiger partial charge in [-0.25, -0.2) is 0 Å². The quantitative estimate of drug-likeness (QED) is 0.927. The molecule has 3 aliphatic rings. The zero-order valence-corrected chi connectivity index (χ0v) is 13.0. The van der Waals surface area contributed by atoms with Crippen molar-refractivity contribution in [3.63, 3.8) is 0 Å². The Kier molecular flexibility index (Phi) is 3.96. The maximum Gasteiger partial charge on any atom is 0.0227 e. The molecule has 0 saturated carbocycles. The van der Waals surface area contributed by atoms with Crippen LogP contribution in [-0.2, 0) is 6.54 Å². The molecule has 2 aromatic rings. The molecule has 2 aromatic carbocycles. The lowest BCUT2D eigenvalue weighted by molar-refractivity contribution is 0.0720. The van der Waals surface area contributed by atoms with Gasteiger partial charge >= 0.3 is 0 Å². The second-order valence-corrected chi connectivity index (χ2v) is 6.69. The van der Waals surface area contributed by atoms with Crippen molar-refractivity contribution in [2.75, 3.05) is 19.6 Å². The van der Waals surface area contributed by atoms with Crippen molar-refractivity contribution < 1.29 is 0 Å². The SMILES string of the molecule is c1ccc(-c2ccc(CN[C@@H]3CN4CCC3CC4)cc2)cc1. The topological polar surface area (TPSA) is 15.3 Å². The summed E-state index contributed by atoms with van der Waals surface area (Å²) in [5, 5.41) is 3.79. The summed E-state index contributed by atoms with van der Waals surface area (Å²) in [7, 11) is 0. The average molecular weight is 292 g/mol. The van der Waals surface area contributed by atoms with E-state index in [-0.39, 0.29) is 0 Å². The van der Waals surface area contributed by atoms with E-state index in [2.05, 4.69) is 64.8 Å². The first kappa shape index (κ1) is 14.0. The van der Waals surface area contributed by atoms with Gasteiger partial charge in [-0.15, -0.1) is 0 Å². The number of rotatable bonds is 4. The highest BCUT2D eigenvalue weighted by molar-refractivity contribution is 5.63. The molecule has 3 saturated heterocycles. The van der Waals surface area contributed by atoms with Gasteiger partial charge in [0.2, 0.25) is 0 Å². The second-order valence-electron chi connectivity index (χ2n) is 6.69. The van der Waals surface area contributed by atoms with Crippen LogP contribution in [0.15, 0.2) is 54.6 Å². The molecule has 3 aliphatic heterocycles. The zero-order valence-electron chi connectivity index (χ0n) is 13.0. The van der Waals surface area contributed by atoms with Crippen LogP contribution < -0.4 is 5.32 Å². The summed E-state index contributed by atoms with van der Waals surface area (Å²) in [5.74, 6) is 0.897. The second kappa shape index (κ2) is 6.23. The fourth-order valence-corrected chi connectivity index (χ4v) is 3.89. The van der Waals surface area contributed by atoms with E-state index in [9.17, 15) is 0 Å². The number of hydrogen-bond acceptors (Lipinski definition) is 2. The van der Waals surface area contributed by atoms with Crippen LogP contribution in [0.1, 0.15) is 18.4 Å². The third-order valence-corrected chi connectivity index (χ3v) is 5.29. The predicted molar refractivity (Wildman–Crippen MR) is 91.7 cm³/mol. The average Bonchev–Trinajstić information content (AvgIpc) is 2.62. The molecule has 0 aromatic heterocycles. The van der Waals surface area contributed by atoms with Gasteiger partial charge in [0.25, 0.3) is 0 Å². The molecule has 3 heterocycles. The van der Waals surface area contributed by atoms with Gasteiger partial charge in [0.05, 0.1) is 0 Å². The maximum atomic E-state index is 3.79. The van der Waals surface area contributed by atoms with Crippen molar-refractivity contribution in [3.8, 4) is 11.1 Å². The van der Waals surface area contributed by atoms with E-state index in [1.807, 2.05) is 0 Å². The van der Waals surface area contributed by atoms with Crippen molar-refractivity contribution >= 4 is 0 Å². The number of piperidine rings is 3. The maximum absolute atomic E-state index is 3.79. The van der Waals surface area contributed by atoms with Crippen LogP contribution in [0.5, 0.6) is 0 Å². The Labute approximate surface area is 133 Å². The third-order valence-electron chi connectivity index (χ3n) is 5.29. The first-order valence-corrected chi connectivity index (χ1v) is 8.48. The van der Waals surface area contributed by atoms with Gasteiger partial charge in [-0.1, -0.05) is 54.6 Å². The molecular formula is C20H24N2. The van der Waals surface area contributed by atoms with E-state index in [1.165, 1.54) is 49.2 Å². The summed E-state index contributed by atoms with van der Waals surface area (Å²) in [6.07, 6.45) is 2.76. The lowest BCUT2D eigenvalue weighted by atomic mass is 9.84. The van der Waals surface area contributed by atoms with E-state index in [0.717, 1.165) is 12.5 Å². The fourth-order valence-electron chi connectivity index (χ4n) is 3.89. The molecule has 0 radical (unpaired) electrons. The largest absolute Gasteiger partial charge is 0.308 e. The highest BCUT2D eigenvalue weighted by atomic mass is 15.2. The van der Waals surface area contributed by atoms with Gasteiger partial charge in [-0.2, -0.15) is 0 Å². The van der Waals surface area contributed by atoms with Crippen LogP contribution in [-0.4, -0.2) is 30.6 Å². The first-order chi connectivity index (χ1) is 10.9. The summed E-state index contributed by atoms with van der Waals surface area (Å²) < 4.78 is 0. The number of hydrogen-bond donors (Lipinski definition) is 1. The van der Waals surface area contributed by atoms with E-state index in [4.69, 9.17) is 0 Å². The summed E-state index contributed by atoms with van der Waals surface area (Å²) >= 11 is 0. The molecule has 2 heteroatoms. The van der Waals surface area contributed by atoms with Crippen molar-refractivity contribution in [1.82, 2.24) is 10.2 Å². The van der Waals surface area contributed by atoms with Crippen LogP contribution in [0.25, 0.3) is 11.1 Å². The minimum Gasteiger partial charge on any atom is -0.308 e. The Morgan fingerprint density at radius 2 is 1.55 bits per heavy atom. The molecular weight excluding hydrogens is 268 g/mol. The molecule has 0 spiro atoms. The Bertz CT molecular complexity index is 597. The minimum absolute atomic E-state index is 0.691. The normalized spacial score (nSPS) is 27.0. The molecule has 2 bridgehead atoms. The van der Waals surface area contributed by atoms with Crippen LogP contribution >= 0.6 is 0 Å². The Hall–Kier alpha value is -1.64. The molecule has 0 aliphatic carbocycles. The van der Waals surface area contributed by atoms with Crippen LogP contribution in [0.3, 0.4) is 0 Å². The monoisotopic (exact) mass is 292 g/mol. The summed E-state index contributed by atoms with van der Waals surface area (Å²) in [6.45, 7) is 4.86. The van der Waals surface area contributed by atoms with E-state index < -0.39 is 0 Å². The van der Waals surface area contributed by atoms with Gasteiger partial charge < -0.3 is 10.2 Å². The summed E-state index contributed by atoms with van der Waals surface area (Å²) in [6, 6.07) is 20.3. The molecule has 2 nitrogen and oxygen atoms in total. The Morgan fingerprint density at radius 3 is 2.18 bits per heavy atom. The van der Waals surface area contributed by atoms with Gasteiger partial charge in [-0.05, 0) is 48.5 Å². The minimum atomic E-state index is 0.691. The highest BCUT2D eigenvalue weighted by Crippen LogP contribution is 2.27. The third kappa shape index (κ3) is 2.94. The Balaban J connectivity index is 1.38. The number of fused-ring (bicyclic) bond motifs is 3. The lowest BCUT2D eigenvalue weighted by Gasteiger charge is -2.45. The smallest absolute Gasteiger partial charge is 0.0227 e. The molecule has 1 atom stereocenters. The van der Waals surface area contributed by atoms with Crippen molar-refractivity contribution in [2.24, 2.45) is 5.92 Å². The van der Waals surface area contributed by atoms with E-state index >= 15 is 0 Å². The molecule has 0 unspecified atom stereocenters. The predicted octanol–water partition coefficient (Wildman–Crippen LogP) is 3.54. The van der Waals surface area contributed by atoms with E-state index in [0.29, 0.717) is 6.04 Å². The lowest BCUT2D eigenvalue weighted by Crippen LogP contribution is -2.55. The molecule has 114 valence electrons. The zero-order chi connectivity index (χ0) is 14.8. The summed E-state index contributed by atoms with van der Waals surface area (Å²) in [5.41, 5.74) is 3.97. The van der Waals surface area contributed by atoms with Crippen LogP contribution in [0.4, 0.5) is 0 Å². The number of benzene rings is 2.